The molecule has 3 heterocycles. The molecule has 0 aliphatic carbocycles. The highest BCUT2D eigenvalue weighted by molar-refractivity contribution is 14.0. The summed E-state index contributed by atoms with van der Waals surface area (Å²) in [4.78, 5) is 7.10. The monoisotopic (exact) mass is 543 g/mol. The van der Waals surface area contributed by atoms with Gasteiger partial charge in [-0.3, -0.25) is 4.90 Å². The second-order valence-electron chi connectivity index (χ2n) is 7.58. The van der Waals surface area contributed by atoms with Crippen molar-refractivity contribution in [2.24, 2.45) is 4.99 Å². The number of nitrogens with zero attached hydrogens (tertiary/aromatic N) is 5. The normalized spacial score (nSPS) is 17.7. The summed E-state index contributed by atoms with van der Waals surface area (Å²) in [6, 6.07) is 6.87. The molecule has 0 saturated carbocycles. The molecule has 10 heteroatoms. The quantitative estimate of drug-likeness (QED) is 0.317. The first-order chi connectivity index (χ1) is 14.7. The summed E-state index contributed by atoms with van der Waals surface area (Å²) in [6.07, 6.45) is 2.12. The lowest BCUT2D eigenvalue weighted by molar-refractivity contribution is 0.0170. The molecule has 1 saturated heterocycles. The van der Waals surface area contributed by atoms with Gasteiger partial charge in [0.2, 0.25) is 0 Å². The fraction of sp³-hybridized carbons (Fsp3) is 0.571. The molecule has 0 bridgehead atoms. The summed E-state index contributed by atoms with van der Waals surface area (Å²) in [6.45, 7) is 8.06. The number of aliphatic imine (C=N–C) groups is 1. The number of halogens is 2. The highest BCUT2D eigenvalue weighted by atomic mass is 127. The van der Waals surface area contributed by atoms with Crippen LogP contribution in [0.15, 0.2) is 29.3 Å². The van der Waals surface area contributed by atoms with Gasteiger partial charge in [0.05, 0.1) is 19.3 Å². The Morgan fingerprint density at radius 2 is 1.94 bits per heavy atom. The van der Waals surface area contributed by atoms with Gasteiger partial charge < -0.3 is 19.9 Å². The Balaban J connectivity index is 0.00000272. The number of guanidine groups is 1. The third-order valence-corrected chi connectivity index (χ3v) is 5.61. The number of nitrogens with one attached hydrogen (secondary N) is 2. The number of fused-ring (bicyclic) bond motifs is 1. The molecule has 2 aliphatic rings. The smallest absolute Gasteiger partial charge is 0.191 e. The number of hydrogen-bond donors (Lipinski definition) is 2. The van der Waals surface area contributed by atoms with E-state index in [0.29, 0.717) is 26.3 Å². The van der Waals surface area contributed by atoms with Crippen molar-refractivity contribution in [2.45, 2.75) is 38.9 Å². The van der Waals surface area contributed by atoms with Crippen LogP contribution in [0.25, 0.3) is 0 Å². The van der Waals surface area contributed by atoms with E-state index in [4.69, 9.17) is 9.73 Å². The Morgan fingerprint density at radius 3 is 2.68 bits per heavy atom. The van der Waals surface area contributed by atoms with Crippen LogP contribution in [-0.2, 0) is 24.2 Å². The van der Waals surface area contributed by atoms with E-state index in [1.165, 1.54) is 12.1 Å². The number of aromatic nitrogens is 3. The van der Waals surface area contributed by atoms with Crippen LogP contribution < -0.4 is 10.6 Å². The summed E-state index contributed by atoms with van der Waals surface area (Å²) in [5, 5.41) is 15.3. The Bertz CT molecular complexity index is 852. The van der Waals surface area contributed by atoms with Gasteiger partial charge >= 0.3 is 0 Å². The van der Waals surface area contributed by atoms with Crippen molar-refractivity contribution in [3.05, 3.63) is 47.3 Å². The third-order valence-electron chi connectivity index (χ3n) is 5.61. The molecule has 1 fully saturated rings. The lowest BCUT2D eigenvalue weighted by Crippen LogP contribution is -2.46. The van der Waals surface area contributed by atoms with Crippen molar-refractivity contribution < 1.29 is 9.13 Å². The van der Waals surface area contributed by atoms with E-state index >= 15 is 0 Å². The minimum absolute atomic E-state index is 0. The van der Waals surface area contributed by atoms with E-state index in [2.05, 4.69) is 30.3 Å². The van der Waals surface area contributed by atoms with E-state index in [-0.39, 0.29) is 35.8 Å². The largest absolute Gasteiger partial charge is 0.379 e. The first-order valence-corrected chi connectivity index (χ1v) is 10.7. The molecule has 2 N–H and O–H groups in total. The minimum atomic E-state index is -0.219. The SMILES string of the molecule is CCNC(=NCc1nnc2n1CCC2)NCC(c1ccc(F)cc1)N1CCOCC1.I. The van der Waals surface area contributed by atoms with Gasteiger partial charge in [0.15, 0.2) is 11.8 Å². The minimum Gasteiger partial charge on any atom is -0.379 e. The summed E-state index contributed by atoms with van der Waals surface area (Å²) in [7, 11) is 0. The molecule has 1 atom stereocenters. The summed E-state index contributed by atoms with van der Waals surface area (Å²) < 4.78 is 21.1. The van der Waals surface area contributed by atoms with Gasteiger partial charge in [-0.05, 0) is 31.0 Å². The molecule has 1 unspecified atom stereocenters. The number of morpholine rings is 1. The van der Waals surface area contributed by atoms with E-state index < -0.39 is 0 Å². The molecule has 0 radical (unpaired) electrons. The van der Waals surface area contributed by atoms with Gasteiger partial charge in [0.25, 0.3) is 0 Å². The lowest BCUT2D eigenvalue weighted by Gasteiger charge is -2.35. The van der Waals surface area contributed by atoms with Crippen molar-refractivity contribution in [3.63, 3.8) is 0 Å². The standard InChI is InChI=1S/C21H30FN7O.HI/c1-2-23-21(25-15-20-27-26-19-4-3-9-29(19)20)24-14-18(28-10-12-30-13-11-28)16-5-7-17(22)8-6-16;/h5-8,18H,2-4,9-15H2,1H3,(H2,23,24,25);1H. The zero-order chi connectivity index (χ0) is 20.8. The number of ether oxygens (including phenoxy) is 1. The van der Waals surface area contributed by atoms with Crippen LogP contribution in [0.2, 0.25) is 0 Å². The zero-order valence-electron chi connectivity index (χ0n) is 17.9. The first-order valence-electron chi connectivity index (χ1n) is 10.7. The Hall–Kier alpha value is -1.79. The lowest BCUT2D eigenvalue weighted by atomic mass is 10.0. The van der Waals surface area contributed by atoms with Crippen LogP contribution in [-0.4, -0.2) is 65.0 Å². The van der Waals surface area contributed by atoms with Crippen LogP contribution >= 0.6 is 24.0 Å². The molecular formula is C21H31FIN7O. The Kier molecular flexibility index (Phi) is 9.02. The van der Waals surface area contributed by atoms with E-state index in [1.54, 1.807) is 0 Å². The number of benzene rings is 1. The van der Waals surface area contributed by atoms with Crippen LogP contribution in [0.1, 0.15) is 36.6 Å². The van der Waals surface area contributed by atoms with Crippen LogP contribution in [0.5, 0.6) is 0 Å². The molecule has 31 heavy (non-hydrogen) atoms. The molecule has 1 aromatic carbocycles. The average Bonchev–Trinajstić information content (AvgIpc) is 3.38. The molecule has 2 aliphatic heterocycles. The average molecular weight is 543 g/mol. The molecule has 170 valence electrons. The van der Waals surface area contributed by atoms with Crippen molar-refractivity contribution in [3.8, 4) is 0 Å². The Labute approximate surface area is 199 Å². The maximum absolute atomic E-state index is 13.4. The second kappa shape index (κ2) is 11.7. The topological polar surface area (TPSA) is 79.6 Å². The number of rotatable bonds is 7. The predicted octanol–water partition coefficient (Wildman–Crippen LogP) is 2.11. The fourth-order valence-corrected chi connectivity index (χ4v) is 4.04. The molecule has 2 aromatic rings. The number of hydrogen-bond acceptors (Lipinski definition) is 5. The van der Waals surface area contributed by atoms with E-state index in [1.807, 2.05) is 19.1 Å². The van der Waals surface area contributed by atoms with Gasteiger partial charge in [-0.1, -0.05) is 12.1 Å². The van der Waals surface area contributed by atoms with Crippen LogP contribution in [0, 0.1) is 5.82 Å². The van der Waals surface area contributed by atoms with Gasteiger partial charge in [-0.2, -0.15) is 0 Å². The molecular weight excluding hydrogens is 512 g/mol. The van der Waals surface area contributed by atoms with E-state index in [0.717, 1.165) is 62.2 Å². The van der Waals surface area contributed by atoms with Gasteiger partial charge in [0, 0.05) is 39.1 Å². The second-order valence-corrected chi connectivity index (χ2v) is 7.58. The van der Waals surface area contributed by atoms with Crippen molar-refractivity contribution >= 4 is 29.9 Å². The van der Waals surface area contributed by atoms with Gasteiger partial charge in [-0.25, -0.2) is 9.38 Å². The first kappa shape index (κ1) is 23.9. The third kappa shape index (κ3) is 6.13. The zero-order valence-corrected chi connectivity index (χ0v) is 20.2. The summed E-state index contributed by atoms with van der Waals surface area (Å²) >= 11 is 0. The highest BCUT2D eigenvalue weighted by Gasteiger charge is 2.23. The van der Waals surface area contributed by atoms with Crippen molar-refractivity contribution in [2.75, 3.05) is 39.4 Å². The summed E-state index contributed by atoms with van der Waals surface area (Å²) in [5.74, 6) is 2.49. The van der Waals surface area contributed by atoms with Crippen molar-refractivity contribution in [1.29, 1.82) is 0 Å². The molecule has 0 spiro atoms. The number of aryl methyl sites for hydroxylation is 1. The van der Waals surface area contributed by atoms with Crippen molar-refractivity contribution in [1.82, 2.24) is 30.3 Å². The highest BCUT2D eigenvalue weighted by Crippen LogP contribution is 2.21. The Morgan fingerprint density at radius 1 is 1.16 bits per heavy atom. The molecule has 4 rings (SSSR count). The summed E-state index contributed by atoms with van der Waals surface area (Å²) in [5.41, 5.74) is 1.08. The van der Waals surface area contributed by atoms with Gasteiger partial charge in [-0.15, -0.1) is 34.2 Å². The van der Waals surface area contributed by atoms with Crippen LogP contribution in [0.4, 0.5) is 4.39 Å². The predicted molar refractivity (Wildman–Crippen MR) is 128 cm³/mol. The maximum Gasteiger partial charge on any atom is 0.191 e. The maximum atomic E-state index is 13.4. The fourth-order valence-electron chi connectivity index (χ4n) is 4.04. The molecule has 0 amide bonds. The molecule has 8 nitrogen and oxygen atoms in total. The molecule has 1 aromatic heterocycles. The van der Waals surface area contributed by atoms with Gasteiger partial charge in [0.1, 0.15) is 18.2 Å². The van der Waals surface area contributed by atoms with Crippen LogP contribution in [0.3, 0.4) is 0 Å². The van der Waals surface area contributed by atoms with E-state index in [9.17, 15) is 4.39 Å².